The number of nitrogen functional groups attached to an aromatic ring is 1. The molecule has 0 amide bonds. The van der Waals surface area contributed by atoms with E-state index in [1.54, 1.807) is 0 Å². The number of pyridine rings is 1. The van der Waals surface area contributed by atoms with Gasteiger partial charge < -0.3 is 15.8 Å². The summed E-state index contributed by atoms with van der Waals surface area (Å²) in [4.78, 5) is 14.3. The molecule has 106 valence electrons. The second-order valence-electron chi connectivity index (χ2n) is 4.99. The van der Waals surface area contributed by atoms with E-state index in [9.17, 15) is 10.1 Å². The molecule has 0 spiro atoms. The van der Waals surface area contributed by atoms with Gasteiger partial charge in [0.2, 0.25) is 0 Å². The number of aliphatic hydroxyl groups is 1. The van der Waals surface area contributed by atoms with E-state index < -0.39 is 4.92 Å². The van der Waals surface area contributed by atoms with Gasteiger partial charge in [0, 0.05) is 13.2 Å². The molecule has 0 fully saturated rings. The highest BCUT2D eigenvalue weighted by Crippen LogP contribution is 2.23. The van der Waals surface area contributed by atoms with Gasteiger partial charge in [0.1, 0.15) is 11.6 Å². The quantitative estimate of drug-likeness (QED) is 0.331. The van der Waals surface area contributed by atoms with Crippen LogP contribution in [0.4, 0.5) is 17.3 Å². The van der Waals surface area contributed by atoms with Crippen molar-refractivity contribution in [2.24, 2.45) is 11.3 Å². The van der Waals surface area contributed by atoms with Crippen LogP contribution in [-0.4, -0.2) is 28.2 Å². The molecule has 0 aliphatic rings. The van der Waals surface area contributed by atoms with E-state index in [0.717, 1.165) is 0 Å². The number of nitrogens with two attached hydrogens (primary N) is 1. The fourth-order valence-electron chi connectivity index (χ4n) is 1.51. The first-order valence-electron chi connectivity index (χ1n) is 5.86. The van der Waals surface area contributed by atoms with Gasteiger partial charge in [0.05, 0.1) is 17.1 Å². The van der Waals surface area contributed by atoms with Gasteiger partial charge in [0.25, 0.3) is 5.69 Å². The summed E-state index contributed by atoms with van der Waals surface area (Å²) in [6.45, 7) is 4.59. The Morgan fingerprint density at radius 3 is 2.63 bits per heavy atom. The third-order valence-electron chi connectivity index (χ3n) is 2.71. The molecule has 0 radical (unpaired) electrons. The molecule has 5 N–H and O–H groups in total. The second kappa shape index (κ2) is 6.30. The summed E-state index contributed by atoms with van der Waals surface area (Å²) in [5.41, 5.74) is 2.06. The minimum atomic E-state index is -0.507. The molecule has 8 nitrogen and oxygen atoms in total. The van der Waals surface area contributed by atoms with Crippen LogP contribution < -0.4 is 16.6 Å². The van der Waals surface area contributed by atoms with Crippen molar-refractivity contribution in [1.82, 2.24) is 4.98 Å². The third kappa shape index (κ3) is 4.68. The minimum absolute atomic E-state index is 0.0899. The summed E-state index contributed by atoms with van der Waals surface area (Å²) in [6, 6.07) is 2.60. The Labute approximate surface area is 111 Å². The van der Waals surface area contributed by atoms with Gasteiger partial charge in [0.15, 0.2) is 0 Å². The van der Waals surface area contributed by atoms with Crippen molar-refractivity contribution in [3.63, 3.8) is 0 Å². The zero-order valence-electron chi connectivity index (χ0n) is 11.0. The molecule has 0 aromatic carbocycles. The van der Waals surface area contributed by atoms with E-state index in [0.29, 0.717) is 18.8 Å². The number of hydrogen-bond donors (Lipinski definition) is 4. The lowest BCUT2D eigenvalue weighted by Crippen LogP contribution is -2.24. The van der Waals surface area contributed by atoms with Crippen molar-refractivity contribution in [2.45, 2.75) is 20.3 Å². The average Bonchev–Trinajstić information content (AvgIpc) is 2.36. The smallest absolute Gasteiger partial charge is 0.276 e. The van der Waals surface area contributed by atoms with Crippen LogP contribution in [0, 0.1) is 15.5 Å². The Bertz CT molecular complexity index is 450. The number of hydrazine groups is 1. The Kier molecular flexibility index (Phi) is 5.02. The van der Waals surface area contributed by atoms with Crippen LogP contribution in [0.3, 0.4) is 0 Å². The van der Waals surface area contributed by atoms with Gasteiger partial charge in [-0.1, -0.05) is 13.8 Å². The molecule has 19 heavy (non-hydrogen) atoms. The van der Waals surface area contributed by atoms with E-state index in [2.05, 4.69) is 15.7 Å². The van der Waals surface area contributed by atoms with E-state index >= 15 is 0 Å². The SMILES string of the molecule is CC(C)(CCO)CNc1cc([N+](=O)[O-])cc(NN)n1. The van der Waals surface area contributed by atoms with Crippen LogP contribution in [0.1, 0.15) is 20.3 Å². The summed E-state index contributed by atoms with van der Waals surface area (Å²) in [7, 11) is 0. The van der Waals surface area contributed by atoms with E-state index in [1.807, 2.05) is 13.8 Å². The van der Waals surface area contributed by atoms with Crippen LogP contribution in [0.5, 0.6) is 0 Å². The summed E-state index contributed by atoms with van der Waals surface area (Å²) in [5, 5.41) is 22.7. The minimum Gasteiger partial charge on any atom is -0.396 e. The molecule has 0 saturated heterocycles. The fraction of sp³-hybridized carbons (Fsp3) is 0.545. The molecule has 0 atom stereocenters. The van der Waals surface area contributed by atoms with Crippen LogP contribution in [0.25, 0.3) is 0 Å². The second-order valence-corrected chi connectivity index (χ2v) is 4.99. The van der Waals surface area contributed by atoms with Crippen molar-refractivity contribution < 1.29 is 10.0 Å². The first-order chi connectivity index (χ1) is 8.88. The highest BCUT2D eigenvalue weighted by Gasteiger charge is 2.18. The van der Waals surface area contributed by atoms with E-state index in [1.165, 1.54) is 12.1 Å². The third-order valence-corrected chi connectivity index (χ3v) is 2.71. The summed E-state index contributed by atoms with van der Waals surface area (Å²) >= 11 is 0. The molecule has 0 unspecified atom stereocenters. The van der Waals surface area contributed by atoms with Gasteiger partial charge in [-0.15, -0.1) is 0 Å². The lowest BCUT2D eigenvalue weighted by atomic mass is 9.90. The van der Waals surface area contributed by atoms with E-state index in [-0.39, 0.29) is 23.5 Å². The number of anilines is 2. The van der Waals surface area contributed by atoms with Crippen molar-refractivity contribution in [3.05, 3.63) is 22.2 Å². The standard InChI is InChI=1S/C11H19N5O3/c1-11(2,3-4-17)7-13-9-5-8(16(18)19)6-10(14-9)15-12/h5-6,17H,3-4,7,12H2,1-2H3,(H2,13,14,15). The molecule has 0 aliphatic carbocycles. The predicted molar refractivity (Wildman–Crippen MR) is 72.7 cm³/mol. The summed E-state index contributed by atoms with van der Waals surface area (Å²) in [6.07, 6.45) is 0.622. The van der Waals surface area contributed by atoms with Crippen LogP contribution in [0.2, 0.25) is 0 Å². The maximum absolute atomic E-state index is 10.8. The van der Waals surface area contributed by atoms with Crippen molar-refractivity contribution in [3.8, 4) is 0 Å². The van der Waals surface area contributed by atoms with Gasteiger partial charge in [-0.25, -0.2) is 10.8 Å². The maximum Gasteiger partial charge on any atom is 0.276 e. The normalized spacial score (nSPS) is 11.2. The summed E-state index contributed by atoms with van der Waals surface area (Å²) < 4.78 is 0. The number of rotatable bonds is 7. The van der Waals surface area contributed by atoms with Crippen LogP contribution in [-0.2, 0) is 0 Å². The van der Waals surface area contributed by atoms with Crippen LogP contribution >= 0.6 is 0 Å². The van der Waals surface area contributed by atoms with Crippen LogP contribution in [0.15, 0.2) is 12.1 Å². The number of aliphatic hydroxyl groups excluding tert-OH is 1. The number of nitro groups is 1. The van der Waals surface area contributed by atoms with Crippen molar-refractivity contribution in [1.29, 1.82) is 0 Å². The number of aromatic nitrogens is 1. The predicted octanol–water partition coefficient (Wildman–Crippen LogP) is 1.10. The summed E-state index contributed by atoms with van der Waals surface area (Å²) in [5.74, 6) is 5.81. The average molecular weight is 269 g/mol. The lowest BCUT2D eigenvalue weighted by Gasteiger charge is -2.24. The molecular formula is C11H19N5O3. The zero-order chi connectivity index (χ0) is 14.5. The Balaban J connectivity index is 2.83. The molecular weight excluding hydrogens is 250 g/mol. The highest BCUT2D eigenvalue weighted by atomic mass is 16.6. The fourth-order valence-corrected chi connectivity index (χ4v) is 1.51. The molecule has 0 bridgehead atoms. The largest absolute Gasteiger partial charge is 0.396 e. The Hall–Kier alpha value is -1.93. The van der Waals surface area contributed by atoms with Gasteiger partial charge in [-0.3, -0.25) is 10.1 Å². The molecule has 1 aromatic rings. The maximum atomic E-state index is 10.8. The van der Waals surface area contributed by atoms with E-state index in [4.69, 9.17) is 10.9 Å². The van der Waals surface area contributed by atoms with Gasteiger partial charge in [-0.05, 0) is 11.8 Å². The number of hydrogen-bond acceptors (Lipinski definition) is 7. The molecule has 1 aromatic heterocycles. The first kappa shape index (κ1) is 15.1. The molecule has 8 heteroatoms. The van der Waals surface area contributed by atoms with Crippen molar-refractivity contribution in [2.75, 3.05) is 23.9 Å². The van der Waals surface area contributed by atoms with Gasteiger partial charge >= 0.3 is 0 Å². The topological polar surface area (TPSA) is 126 Å². The molecule has 0 aliphatic heterocycles. The lowest BCUT2D eigenvalue weighted by molar-refractivity contribution is -0.384. The molecule has 1 heterocycles. The number of nitrogens with zero attached hydrogens (tertiary/aromatic N) is 2. The van der Waals surface area contributed by atoms with Crippen molar-refractivity contribution >= 4 is 17.3 Å². The van der Waals surface area contributed by atoms with Gasteiger partial charge in [-0.2, -0.15) is 0 Å². The highest BCUT2D eigenvalue weighted by molar-refractivity contribution is 5.54. The Morgan fingerprint density at radius 2 is 2.11 bits per heavy atom. The zero-order valence-corrected chi connectivity index (χ0v) is 11.0. The molecule has 0 saturated carbocycles. The Morgan fingerprint density at radius 1 is 1.47 bits per heavy atom. The number of nitrogens with one attached hydrogen (secondary N) is 2. The first-order valence-corrected chi connectivity index (χ1v) is 5.86. The molecule has 1 rings (SSSR count). The monoisotopic (exact) mass is 269 g/mol.